The smallest absolute Gasteiger partial charge is 0.119 e. The lowest BCUT2D eigenvalue weighted by atomic mass is 10.1. The predicted molar refractivity (Wildman–Crippen MR) is 75.3 cm³/mol. The van der Waals surface area contributed by atoms with Crippen LogP contribution in [0.4, 0.5) is 5.69 Å². The summed E-state index contributed by atoms with van der Waals surface area (Å²) < 4.78 is 5.64. The van der Waals surface area contributed by atoms with E-state index in [1.165, 1.54) is 0 Å². The number of pyridine rings is 1. The first-order valence-electron chi connectivity index (χ1n) is 6.14. The van der Waals surface area contributed by atoms with Crippen molar-refractivity contribution >= 4 is 5.69 Å². The van der Waals surface area contributed by atoms with Gasteiger partial charge in [-0.05, 0) is 18.2 Å². The molecule has 0 saturated heterocycles. The summed E-state index contributed by atoms with van der Waals surface area (Å²) in [4.78, 5) is 4.06. The molecule has 19 heavy (non-hydrogen) atoms. The molecule has 0 spiro atoms. The van der Waals surface area contributed by atoms with Crippen LogP contribution in [0.3, 0.4) is 0 Å². The fourth-order valence-corrected chi connectivity index (χ4v) is 1.85. The maximum atomic E-state index is 5.90. The fourth-order valence-electron chi connectivity index (χ4n) is 1.85. The maximum absolute atomic E-state index is 5.90. The van der Waals surface area contributed by atoms with Crippen molar-refractivity contribution < 1.29 is 4.74 Å². The molecule has 2 rings (SSSR count). The van der Waals surface area contributed by atoms with E-state index < -0.39 is 0 Å². The van der Waals surface area contributed by atoms with Crippen LogP contribution >= 0.6 is 0 Å². The molecule has 0 aliphatic carbocycles. The van der Waals surface area contributed by atoms with Crippen LogP contribution in [0.1, 0.15) is 18.0 Å². The van der Waals surface area contributed by atoms with Crippen molar-refractivity contribution in [2.45, 2.75) is 12.5 Å². The third-order valence-corrected chi connectivity index (χ3v) is 2.88. The Balaban J connectivity index is 1.92. The van der Waals surface area contributed by atoms with Crippen LogP contribution in [-0.2, 0) is 0 Å². The van der Waals surface area contributed by atoms with E-state index in [1.54, 1.807) is 18.5 Å². The Kier molecular flexibility index (Phi) is 4.72. The van der Waals surface area contributed by atoms with Crippen molar-refractivity contribution in [1.82, 2.24) is 10.4 Å². The average molecular weight is 258 g/mol. The molecular formula is C14H18N4O. The molecule has 0 saturated carbocycles. The molecule has 0 aliphatic heterocycles. The van der Waals surface area contributed by atoms with Crippen LogP contribution in [0.25, 0.3) is 0 Å². The van der Waals surface area contributed by atoms with Crippen LogP contribution in [-0.4, -0.2) is 11.6 Å². The zero-order chi connectivity index (χ0) is 13.5. The Morgan fingerprint density at radius 2 is 2.00 bits per heavy atom. The molecule has 0 aliphatic rings. The molecule has 0 radical (unpaired) electrons. The average Bonchev–Trinajstić information content (AvgIpc) is 2.46. The van der Waals surface area contributed by atoms with E-state index in [1.807, 2.05) is 30.3 Å². The summed E-state index contributed by atoms with van der Waals surface area (Å²) in [5, 5.41) is 0. The molecule has 1 unspecified atom stereocenters. The molecule has 0 amide bonds. The van der Waals surface area contributed by atoms with Gasteiger partial charge in [-0.1, -0.05) is 18.2 Å². The second-order valence-corrected chi connectivity index (χ2v) is 4.17. The largest absolute Gasteiger partial charge is 0.494 e. The number of hydrogen-bond acceptors (Lipinski definition) is 5. The van der Waals surface area contributed by atoms with Gasteiger partial charge in [-0.25, -0.2) is 0 Å². The first-order valence-corrected chi connectivity index (χ1v) is 6.14. The summed E-state index contributed by atoms with van der Waals surface area (Å²) in [6, 6.07) is 11.4. The van der Waals surface area contributed by atoms with Gasteiger partial charge in [0.1, 0.15) is 5.75 Å². The molecule has 1 atom stereocenters. The first kappa shape index (κ1) is 13.3. The number of nitrogens with one attached hydrogen (secondary N) is 1. The topological polar surface area (TPSA) is 86.2 Å². The Labute approximate surface area is 112 Å². The highest BCUT2D eigenvalue weighted by atomic mass is 16.5. The van der Waals surface area contributed by atoms with E-state index in [2.05, 4.69) is 10.4 Å². The van der Waals surface area contributed by atoms with Gasteiger partial charge in [0.25, 0.3) is 0 Å². The highest BCUT2D eigenvalue weighted by Crippen LogP contribution is 2.21. The minimum Gasteiger partial charge on any atom is -0.494 e. The van der Waals surface area contributed by atoms with E-state index in [0.717, 1.165) is 11.3 Å². The molecule has 2 aromatic rings. The predicted octanol–water partition coefficient (Wildman–Crippen LogP) is 1.64. The van der Waals surface area contributed by atoms with E-state index >= 15 is 0 Å². The molecule has 5 nitrogen and oxygen atoms in total. The summed E-state index contributed by atoms with van der Waals surface area (Å²) in [6.45, 7) is 0.549. The zero-order valence-corrected chi connectivity index (χ0v) is 10.6. The molecule has 1 heterocycles. The Bertz CT molecular complexity index is 504. The molecular weight excluding hydrogens is 240 g/mol. The SMILES string of the molecule is NNC(CCOc1ccccc1)c1cnccc1N. The number of nitrogens with two attached hydrogens (primary N) is 2. The van der Waals surface area contributed by atoms with E-state index in [-0.39, 0.29) is 6.04 Å². The van der Waals surface area contributed by atoms with Gasteiger partial charge in [-0.2, -0.15) is 0 Å². The van der Waals surface area contributed by atoms with E-state index in [4.69, 9.17) is 16.3 Å². The summed E-state index contributed by atoms with van der Waals surface area (Å²) in [6.07, 6.45) is 4.09. The standard InChI is InChI=1S/C14H18N4O/c15-13-6-8-17-10-12(13)14(18-16)7-9-19-11-4-2-1-3-5-11/h1-6,8,10,14,18H,7,9,16H2,(H2,15,17). The fraction of sp³-hybridized carbons (Fsp3) is 0.214. The lowest BCUT2D eigenvalue weighted by molar-refractivity contribution is 0.287. The van der Waals surface area contributed by atoms with Gasteiger partial charge < -0.3 is 10.5 Å². The molecule has 1 aromatic heterocycles. The minimum absolute atomic E-state index is 0.0718. The van der Waals surface area contributed by atoms with Crippen LogP contribution in [0.2, 0.25) is 0 Å². The van der Waals surface area contributed by atoms with Gasteiger partial charge >= 0.3 is 0 Å². The van der Waals surface area contributed by atoms with Crippen molar-refractivity contribution in [1.29, 1.82) is 0 Å². The Morgan fingerprint density at radius 3 is 2.68 bits per heavy atom. The summed E-state index contributed by atoms with van der Waals surface area (Å²) in [5.41, 5.74) is 10.2. The number of hydrogen-bond donors (Lipinski definition) is 3. The first-order chi connectivity index (χ1) is 9.31. The number of nitrogens with zero attached hydrogens (tertiary/aromatic N) is 1. The lowest BCUT2D eigenvalue weighted by Crippen LogP contribution is -2.30. The molecule has 100 valence electrons. The Hall–Kier alpha value is -2.11. The summed E-state index contributed by atoms with van der Waals surface area (Å²) >= 11 is 0. The normalized spacial score (nSPS) is 12.1. The maximum Gasteiger partial charge on any atom is 0.119 e. The third-order valence-electron chi connectivity index (χ3n) is 2.88. The number of para-hydroxylation sites is 1. The van der Waals surface area contributed by atoms with Crippen molar-refractivity contribution in [3.8, 4) is 5.75 Å². The van der Waals surface area contributed by atoms with E-state index in [9.17, 15) is 0 Å². The second kappa shape index (κ2) is 6.72. The monoisotopic (exact) mass is 258 g/mol. The molecule has 1 aromatic carbocycles. The molecule has 0 bridgehead atoms. The quantitative estimate of drug-likeness (QED) is 0.541. The lowest BCUT2D eigenvalue weighted by Gasteiger charge is -2.17. The van der Waals surface area contributed by atoms with Gasteiger partial charge in [0, 0.05) is 30.1 Å². The summed E-state index contributed by atoms with van der Waals surface area (Å²) in [7, 11) is 0. The van der Waals surface area contributed by atoms with Gasteiger partial charge in [-0.3, -0.25) is 16.3 Å². The van der Waals surface area contributed by atoms with Crippen molar-refractivity contribution in [2.75, 3.05) is 12.3 Å². The van der Waals surface area contributed by atoms with Gasteiger partial charge in [0.05, 0.1) is 12.6 Å². The molecule has 5 N–H and O–H groups in total. The highest BCUT2D eigenvalue weighted by molar-refractivity contribution is 5.46. The molecule has 5 heteroatoms. The number of aromatic nitrogens is 1. The van der Waals surface area contributed by atoms with Gasteiger partial charge in [0.15, 0.2) is 0 Å². The summed E-state index contributed by atoms with van der Waals surface area (Å²) in [5.74, 6) is 6.41. The van der Waals surface area contributed by atoms with Crippen molar-refractivity contribution in [3.63, 3.8) is 0 Å². The zero-order valence-electron chi connectivity index (χ0n) is 10.6. The number of benzene rings is 1. The van der Waals surface area contributed by atoms with Gasteiger partial charge in [-0.15, -0.1) is 0 Å². The number of anilines is 1. The van der Waals surface area contributed by atoms with Crippen LogP contribution < -0.4 is 21.7 Å². The number of ether oxygens (including phenoxy) is 1. The second-order valence-electron chi connectivity index (χ2n) is 4.17. The highest BCUT2D eigenvalue weighted by Gasteiger charge is 2.12. The Morgan fingerprint density at radius 1 is 1.21 bits per heavy atom. The van der Waals surface area contributed by atoms with Crippen molar-refractivity contribution in [3.05, 3.63) is 54.4 Å². The van der Waals surface area contributed by atoms with Crippen LogP contribution in [0, 0.1) is 0 Å². The van der Waals surface area contributed by atoms with Crippen LogP contribution in [0.15, 0.2) is 48.8 Å². The van der Waals surface area contributed by atoms with Gasteiger partial charge in [0.2, 0.25) is 0 Å². The number of rotatable bonds is 6. The number of nitrogen functional groups attached to an aromatic ring is 1. The molecule has 0 fully saturated rings. The number of hydrazine groups is 1. The van der Waals surface area contributed by atoms with Crippen LogP contribution in [0.5, 0.6) is 5.75 Å². The minimum atomic E-state index is -0.0718. The third kappa shape index (κ3) is 3.67. The van der Waals surface area contributed by atoms with E-state index in [0.29, 0.717) is 18.7 Å². The van der Waals surface area contributed by atoms with Crippen molar-refractivity contribution in [2.24, 2.45) is 5.84 Å².